The van der Waals surface area contributed by atoms with Crippen LogP contribution in [0.15, 0.2) is 6.20 Å². The van der Waals surface area contributed by atoms with Crippen LogP contribution in [0.5, 0.6) is 5.75 Å². The number of rotatable bonds is 10. The van der Waals surface area contributed by atoms with Crippen LogP contribution in [0.1, 0.15) is 43.5 Å². The van der Waals surface area contributed by atoms with Gasteiger partial charge in [0.05, 0.1) is 7.11 Å². The minimum Gasteiger partial charge on any atom is -0.496 e. The molecule has 4 heteroatoms. The fourth-order valence-electron chi connectivity index (χ4n) is 2.55. The van der Waals surface area contributed by atoms with Gasteiger partial charge in [-0.2, -0.15) is 0 Å². The third-order valence-corrected chi connectivity index (χ3v) is 3.64. The summed E-state index contributed by atoms with van der Waals surface area (Å²) in [7, 11) is 1.72. The number of ether oxygens (including phenoxy) is 2. The molecule has 1 N–H and O–H groups in total. The van der Waals surface area contributed by atoms with Gasteiger partial charge in [-0.1, -0.05) is 13.8 Å². The largest absolute Gasteiger partial charge is 0.496 e. The first-order valence-electron chi connectivity index (χ1n) is 7.94. The van der Waals surface area contributed by atoms with Crippen molar-refractivity contribution in [1.29, 1.82) is 0 Å². The normalized spacial score (nSPS) is 12.4. The second kappa shape index (κ2) is 9.74. The average molecular weight is 294 g/mol. The highest BCUT2D eigenvalue weighted by Gasteiger charge is 2.14. The van der Waals surface area contributed by atoms with Gasteiger partial charge in [0.25, 0.3) is 0 Å². The van der Waals surface area contributed by atoms with Gasteiger partial charge in [0.1, 0.15) is 5.75 Å². The van der Waals surface area contributed by atoms with E-state index in [-0.39, 0.29) is 0 Å². The molecule has 1 aromatic rings. The van der Waals surface area contributed by atoms with Crippen LogP contribution in [0, 0.1) is 13.8 Å². The topological polar surface area (TPSA) is 43.4 Å². The Balaban J connectivity index is 2.70. The van der Waals surface area contributed by atoms with Gasteiger partial charge in [-0.3, -0.25) is 4.98 Å². The van der Waals surface area contributed by atoms with E-state index in [2.05, 4.69) is 31.1 Å². The predicted octanol–water partition coefficient (Wildman–Crippen LogP) is 3.04. The Bertz CT molecular complexity index is 421. The Morgan fingerprint density at radius 2 is 2.00 bits per heavy atom. The summed E-state index contributed by atoms with van der Waals surface area (Å²) in [6.07, 6.45) is 4.89. The highest BCUT2D eigenvalue weighted by Crippen LogP contribution is 2.24. The van der Waals surface area contributed by atoms with Gasteiger partial charge in [-0.05, 0) is 33.2 Å². The molecule has 1 rings (SSSR count). The van der Waals surface area contributed by atoms with Gasteiger partial charge in [0, 0.05) is 48.7 Å². The van der Waals surface area contributed by atoms with Gasteiger partial charge < -0.3 is 14.8 Å². The van der Waals surface area contributed by atoms with E-state index >= 15 is 0 Å². The second-order valence-corrected chi connectivity index (χ2v) is 5.41. The number of hydrogen-bond acceptors (Lipinski definition) is 4. The van der Waals surface area contributed by atoms with Crippen LogP contribution in [0.3, 0.4) is 0 Å². The summed E-state index contributed by atoms with van der Waals surface area (Å²) >= 11 is 0. The molecule has 1 unspecified atom stereocenters. The van der Waals surface area contributed by atoms with E-state index in [9.17, 15) is 0 Å². The zero-order valence-electron chi connectivity index (χ0n) is 14.2. The number of pyridine rings is 1. The molecule has 0 aliphatic heterocycles. The lowest BCUT2D eigenvalue weighted by Gasteiger charge is -2.20. The molecule has 0 saturated heterocycles. The van der Waals surface area contributed by atoms with E-state index in [0.29, 0.717) is 6.04 Å². The fraction of sp³-hybridized carbons (Fsp3) is 0.706. The van der Waals surface area contributed by atoms with E-state index in [1.807, 2.05) is 13.1 Å². The summed E-state index contributed by atoms with van der Waals surface area (Å²) in [6, 6.07) is 0.394. The molecular weight excluding hydrogens is 264 g/mol. The number of nitrogens with zero attached hydrogens (tertiary/aromatic N) is 1. The molecule has 0 spiro atoms. The molecule has 0 saturated carbocycles. The molecule has 21 heavy (non-hydrogen) atoms. The number of likely N-dealkylation sites (N-methyl/N-ethyl adjacent to an activating group) is 1. The molecule has 1 aromatic heterocycles. The van der Waals surface area contributed by atoms with Gasteiger partial charge in [0.2, 0.25) is 0 Å². The lowest BCUT2D eigenvalue weighted by Crippen LogP contribution is -2.32. The van der Waals surface area contributed by atoms with Gasteiger partial charge in [-0.25, -0.2) is 0 Å². The molecule has 0 aliphatic rings. The summed E-state index contributed by atoms with van der Waals surface area (Å²) in [5.41, 5.74) is 3.35. The van der Waals surface area contributed by atoms with E-state index in [1.165, 1.54) is 0 Å². The van der Waals surface area contributed by atoms with Gasteiger partial charge in [0.15, 0.2) is 0 Å². The Morgan fingerprint density at radius 1 is 1.24 bits per heavy atom. The molecule has 0 radical (unpaired) electrons. The summed E-state index contributed by atoms with van der Waals surface area (Å²) in [4.78, 5) is 4.59. The first-order chi connectivity index (χ1) is 10.1. The maximum atomic E-state index is 5.61. The van der Waals surface area contributed by atoms with Crippen LogP contribution in [0.2, 0.25) is 0 Å². The van der Waals surface area contributed by atoms with E-state index in [4.69, 9.17) is 9.47 Å². The quantitative estimate of drug-likeness (QED) is 0.674. The molecule has 0 fully saturated rings. The number of hydrogen-bond donors (Lipinski definition) is 1. The number of nitrogens with one attached hydrogen (secondary N) is 1. The molecule has 0 aromatic carbocycles. The van der Waals surface area contributed by atoms with Crippen molar-refractivity contribution in [3.63, 3.8) is 0 Å². The highest BCUT2D eigenvalue weighted by atomic mass is 16.5. The average Bonchev–Trinajstić information content (AvgIpc) is 2.47. The SMILES string of the molecule is CCCOCCC(Cc1ncc(C)c(OC)c1C)NCC. The van der Waals surface area contributed by atoms with Crippen LogP contribution in [0.4, 0.5) is 0 Å². The van der Waals surface area contributed by atoms with Crippen molar-refractivity contribution in [2.45, 2.75) is 53.0 Å². The lowest BCUT2D eigenvalue weighted by atomic mass is 10.0. The summed E-state index contributed by atoms with van der Waals surface area (Å²) in [5.74, 6) is 0.956. The van der Waals surface area contributed by atoms with Crippen LogP contribution in [-0.2, 0) is 11.2 Å². The van der Waals surface area contributed by atoms with Crippen molar-refractivity contribution in [2.24, 2.45) is 0 Å². The minimum atomic E-state index is 0.394. The first kappa shape index (κ1) is 17.9. The maximum absolute atomic E-state index is 5.61. The van der Waals surface area contributed by atoms with E-state index < -0.39 is 0 Å². The van der Waals surface area contributed by atoms with Crippen molar-refractivity contribution in [1.82, 2.24) is 10.3 Å². The Labute approximate surface area is 129 Å². The van der Waals surface area contributed by atoms with Crippen molar-refractivity contribution in [3.05, 3.63) is 23.0 Å². The van der Waals surface area contributed by atoms with Gasteiger partial charge >= 0.3 is 0 Å². The number of methoxy groups -OCH3 is 1. The molecule has 120 valence electrons. The zero-order chi connectivity index (χ0) is 15.7. The highest BCUT2D eigenvalue weighted by molar-refractivity contribution is 5.41. The maximum Gasteiger partial charge on any atom is 0.128 e. The molecule has 0 amide bonds. The third-order valence-electron chi connectivity index (χ3n) is 3.64. The number of aryl methyl sites for hydroxylation is 1. The van der Waals surface area contributed by atoms with Crippen LogP contribution in [0.25, 0.3) is 0 Å². The lowest BCUT2D eigenvalue weighted by molar-refractivity contribution is 0.124. The fourth-order valence-corrected chi connectivity index (χ4v) is 2.55. The standard InChI is InChI=1S/C17H30N2O2/c1-6-9-21-10-8-15(18-7-2)11-16-14(4)17(20-5)13(3)12-19-16/h12,15,18H,6-11H2,1-5H3. The Hall–Kier alpha value is -1.13. The van der Waals surface area contributed by atoms with Crippen molar-refractivity contribution in [2.75, 3.05) is 26.9 Å². The van der Waals surface area contributed by atoms with Crippen molar-refractivity contribution < 1.29 is 9.47 Å². The minimum absolute atomic E-state index is 0.394. The molecule has 0 aliphatic carbocycles. The molecular formula is C17H30N2O2. The van der Waals surface area contributed by atoms with Crippen LogP contribution >= 0.6 is 0 Å². The third kappa shape index (κ3) is 5.64. The van der Waals surface area contributed by atoms with E-state index in [0.717, 1.165) is 61.6 Å². The van der Waals surface area contributed by atoms with Gasteiger partial charge in [-0.15, -0.1) is 0 Å². The summed E-state index contributed by atoms with van der Waals surface area (Å²) in [6.45, 7) is 11.0. The Kier molecular flexibility index (Phi) is 8.31. The second-order valence-electron chi connectivity index (χ2n) is 5.41. The number of aromatic nitrogens is 1. The zero-order valence-corrected chi connectivity index (χ0v) is 14.2. The van der Waals surface area contributed by atoms with E-state index in [1.54, 1.807) is 7.11 Å². The summed E-state index contributed by atoms with van der Waals surface area (Å²) < 4.78 is 11.1. The molecule has 4 nitrogen and oxygen atoms in total. The Morgan fingerprint density at radius 3 is 2.62 bits per heavy atom. The summed E-state index contributed by atoms with van der Waals surface area (Å²) in [5, 5.41) is 3.53. The van der Waals surface area contributed by atoms with Crippen molar-refractivity contribution in [3.8, 4) is 5.75 Å². The first-order valence-corrected chi connectivity index (χ1v) is 7.94. The predicted molar refractivity (Wildman–Crippen MR) is 87.2 cm³/mol. The van der Waals surface area contributed by atoms with Crippen LogP contribution < -0.4 is 10.1 Å². The molecule has 1 heterocycles. The molecule has 1 atom stereocenters. The van der Waals surface area contributed by atoms with Crippen LogP contribution in [-0.4, -0.2) is 37.9 Å². The smallest absolute Gasteiger partial charge is 0.128 e. The monoisotopic (exact) mass is 294 g/mol. The van der Waals surface area contributed by atoms with Crippen molar-refractivity contribution >= 4 is 0 Å². The molecule has 0 bridgehead atoms.